The Morgan fingerprint density at radius 1 is 1.11 bits per heavy atom. The van der Waals surface area contributed by atoms with E-state index in [1.165, 1.54) is 11.3 Å². The SMILES string of the molecule is CN1CCc2c(n(CC(=O)OCc3ccccc3)c3ccc(Cl)cc23)CC1. The third kappa shape index (κ3) is 3.87. The molecule has 1 aliphatic rings. The van der Waals surface area contributed by atoms with Crippen LogP contribution in [0.4, 0.5) is 0 Å². The maximum atomic E-state index is 12.6. The molecule has 0 fully saturated rings. The Labute approximate surface area is 164 Å². The Kier molecular flexibility index (Phi) is 5.19. The van der Waals surface area contributed by atoms with E-state index in [2.05, 4.69) is 16.5 Å². The molecule has 0 atom stereocenters. The molecular formula is C22H23ClN2O2. The van der Waals surface area contributed by atoms with Crippen LogP contribution < -0.4 is 0 Å². The Bertz CT molecular complexity index is 965. The van der Waals surface area contributed by atoms with Gasteiger partial charge in [0.1, 0.15) is 13.2 Å². The van der Waals surface area contributed by atoms with Crippen LogP contribution >= 0.6 is 11.6 Å². The average molecular weight is 383 g/mol. The number of hydrogen-bond donors (Lipinski definition) is 0. The number of esters is 1. The number of nitrogens with zero attached hydrogens (tertiary/aromatic N) is 2. The van der Waals surface area contributed by atoms with E-state index < -0.39 is 0 Å². The summed E-state index contributed by atoms with van der Waals surface area (Å²) in [4.78, 5) is 14.9. The van der Waals surface area contributed by atoms with Crippen molar-refractivity contribution in [3.8, 4) is 0 Å². The molecule has 0 saturated heterocycles. The molecule has 0 saturated carbocycles. The van der Waals surface area contributed by atoms with Crippen molar-refractivity contribution in [2.75, 3.05) is 20.1 Å². The number of likely N-dealkylation sites (N-methyl/N-ethyl adjacent to an activating group) is 1. The van der Waals surface area contributed by atoms with Crippen molar-refractivity contribution in [3.05, 3.63) is 70.4 Å². The van der Waals surface area contributed by atoms with Crippen molar-refractivity contribution < 1.29 is 9.53 Å². The molecule has 0 radical (unpaired) electrons. The molecule has 4 rings (SSSR count). The molecule has 0 N–H and O–H groups in total. The second-order valence-corrected chi connectivity index (χ2v) is 7.56. The lowest BCUT2D eigenvalue weighted by Crippen LogP contribution is -2.22. The lowest BCUT2D eigenvalue weighted by molar-refractivity contribution is -0.145. The largest absolute Gasteiger partial charge is 0.459 e. The summed E-state index contributed by atoms with van der Waals surface area (Å²) >= 11 is 6.25. The van der Waals surface area contributed by atoms with E-state index in [0.29, 0.717) is 6.61 Å². The second kappa shape index (κ2) is 7.75. The summed E-state index contributed by atoms with van der Waals surface area (Å²) in [6.45, 7) is 2.52. The summed E-state index contributed by atoms with van der Waals surface area (Å²) in [5, 5.41) is 1.88. The molecule has 140 valence electrons. The van der Waals surface area contributed by atoms with E-state index >= 15 is 0 Å². The number of aromatic nitrogens is 1. The van der Waals surface area contributed by atoms with Gasteiger partial charge in [0.25, 0.3) is 0 Å². The van der Waals surface area contributed by atoms with E-state index in [1.807, 2.05) is 48.5 Å². The summed E-state index contributed by atoms with van der Waals surface area (Å²) in [7, 11) is 2.14. The number of rotatable bonds is 4. The highest BCUT2D eigenvalue weighted by Gasteiger charge is 2.22. The highest BCUT2D eigenvalue weighted by atomic mass is 35.5. The van der Waals surface area contributed by atoms with Gasteiger partial charge >= 0.3 is 5.97 Å². The normalized spacial score (nSPS) is 14.7. The minimum absolute atomic E-state index is 0.217. The average Bonchev–Trinajstić information content (AvgIpc) is 2.81. The van der Waals surface area contributed by atoms with E-state index in [-0.39, 0.29) is 12.5 Å². The standard InChI is InChI=1S/C22H23ClN2O2/c1-24-11-9-18-19-13-17(23)7-8-20(19)25(21(18)10-12-24)14-22(26)27-15-16-5-3-2-4-6-16/h2-8,13H,9-12,14-15H2,1H3. The minimum Gasteiger partial charge on any atom is -0.459 e. The first-order valence-electron chi connectivity index (χ1n) is 9.29. The van der Waals surface area contributed by atoms with Crippen molar-refractivity contribution in [3.63, 3.8) is 0 Å². The fraction of sp³-hybridized carbons (Fsp3) is 0.318. The highest BCUT2D eigenvalue weighted by molar-refractivity contribution is 6.31. The van der Waals surface area contributed by atoms with Gasteiger partial charge in [0, 0.05) is 41.1 Å². The molecule has 0 aliphatic carbocycles. The van der Waals surface area contributed by atoms with E-state index in [4.69, 9.17) is 16.3 Å². The van der Waals surface area contributed by atoms with Crippen molar-refractivity contribution in [2.45, 2.75) is 26.0 Å². The van der Waals surface area contributed by atoms with Gasteiger partial charge in [-0.1, -0.05) is 41.9 Å². The zero-order valence-corrected chi connectivity index (χ0v) is 16.2. The third-order valence-corrected chi connectivity index (χ3v) is 5.49. The first kappa shape index (κ1) is 18.1. The van der Waals surface area contributed by atoms with Crippen LogP contribution in [0.1, 0.15) is 16.8 Å². The minimum atomic E-state index is -0.217. The van der Waals surface area contributed by atoms with Crippen LogP contribution in [0.3, 0.4) is 0 Å². The quantitative estimate of drug-likeness (QED) is 0.638. The number of carbonyl (C=O) groups excluding carboxylic acids is 1. The number of fused-ring (bicyclic) bond motifs is 3. The van der Waals surface area contributed by atoms with Gasteiger partial charge in [-0.3, -0.25) is 4.79 Å². The first-order valence-corrected chi connectivity index (χ1v) is 9.67. The fourth-order valence-corrected chi connectivity index (χ4v) is 3.99. The van der Waals surface area contributed by atoms with Gasteiger partial charge < -0.3 is 14.2 Å². The number of benzene rings is 2. The summed E-state index contributed by atoms with van der Waals surface area (Å²) in [5.74, 6) is -0.217. The molecule has 2 aromatic carbocycles. The highest BCUT2D eigenvalue weighted by Crippen LogP contribution is 2.31. The van der Waals surface area contributed by atoms with Crippen molar-refractivity contribution >= 4 is 28.5 Å². The van der Waals surface area contributed by atoms with Gasteiger partial charge in [-0.05, 0) is 42.8 Å². The van der Waals surface area contributed by atoms with Crippen molar-refractivity contribution in [1.82, 2.24) is 9.47 Å². The van der Waals surface area contributed by atoms with Gasteiger partial charge in [-0.25, -0.2) is 0 Å². The lowest BCUT2D eigenvalue weighted by atomic mass is 10.1. The van der Waals surface area contributed by atoms with Crippen LogP contribution in [0.5, 0.6) is 0 Å². The summed E-state index contributed by atoms with van der Waals surface area (Å²) in [6.07, 6.45) is 1.89. The van der Waals surface area contributed by atoms with Gasteiger partial charge in [0.05, 0.1) is 0 Å². The number of halogens is 1. The van der Waals surface area contributed by atoms with Crippen LogP contribution in [0.15, 0.2) is 48.5 Å². The predicted octanol–water partition coefficient (Wildman–Crippen LogP) is 4.07. The maximum Gasteiger partial charge on any atom is 0.326 e. The molecule has 27 heavy (non-hydrogen) atoms. The fourth-order valence-electron chi connectivity index (χ4n) is 3.82. The summed E-state index contributed by atoms with van der Waals surface area (Å²) in [5.41, 5.74) is 4.60. The molecule has 0 bridgehead atoms. The van der Waals surface area contributed by atoms with E-state index in [1.54, 1.807) is 0 Å². The third-order valence-electron chi connectivity index (χ3n) is 5.25. The molecule has 2 heterocycles. The molecule has 1 aromatic heterocycles. The molecule has 3 aromatic rings. The van der Waals surface area contributed by atoms with Gasteiger partial charge in [0.15, 0.2) is 0 Å². The molecule has 0 unspecified atom stereocenters. The second-order valence-electron chi connectivity index (χ2n) is 7.12. The molecule has 1 aliphatic heterocycles. The van der Waals surface area contributed by atoms with E-state index in [0.717, 1.165) is 47.4 Å². The Balaban J connectivity index is 1.61. The Morgan fingerprint density at radius 3 is 2.70 bits per heavy atom. The first-order chi connectivity index (χ1) is 13.1. The van der Waals surface area contributed by atoms with Gasteiger partial charge in [-0.15, -0.1) is 0 Å². The molecule has 4 nitrogen and oxygen atoms in total. The van der Waals surface area contributed by atoms with Crippen LogP contribution in [-0.2, 0) is 35.5 Å². The van der Waals surface area contributed by atoms with Crippen LogP contribution in [0.25, 0.3) is 10.9 Å². The van der Waals surface area contributed by atoms with Crippen LogP contribution in [0.2, 0.25) is 5.02 Å². The molecule has 0 amide bonds. The van der Waals surface area contributed by atoms with Gasteiger partial charge in [-0.2, -0.15) is 0 Å². The zero-order chi connectivity index (χ0) is 18.8. The van der Waals surface area contributed by atoms with Gasteiger partial charge in [0.2, 0.25) is 0 Å². The van der Waals surface area contributed by atoms with Crippen LogP contribution in [-0.4, -0.2) is 35.6 Å². The smallest absolute Gasteiger partial charge is 0.326 e. The monoisotopic (exact) mass is 382 g/mol. The predicted molar refractivity (Wildman–Crippen MR) is 108 cm³/mol. The van der Waals surface area contributed by atoms with Crippen molar-refractivity contribution in [2.24, 2.45) is 0 Å². The maximum absolute atomic E-state index is 12.6. The Morgan fingerprint density at radius 2 is 1.89 bits per heavy atom. The number of hydrogen-bond acceptors (Lipinski definition) is 3. The van der Waals surface area contributed by atoms with E-state index in [9.17, 15) is 4.79 Å². The number of ether oxygens (including phenoxy) is 1. The molecule has 5 heteroatoms. The summed E-state index contributed by atoms with van der Waals surface area (Å²) < 4.78 is 7.64. The lowest BCUT2D eigenvalue weighted by Gasteiger charge is -2.14. The van der Waals surface area contributed by atoms with Crippen molar-refractivity contribution in [1.29, 1.82) is 0 Å². The summed E-state index contributed by atoms with van der Waals surface area (Å²) in [6, 6.07) is 15.7. The topological polar surface area (TPSA) is 34.5 Å². The molecular weight excluding hydrogens is 360 g/mol. The zero-order valence-electron chi connectivity index (χ0n) is 15.5. The van der Waals surface area contributed by atoms with Crippen LogP contribution in [0, 0.1) is 0 Å². The number of carbonyl (C=O) groups is 1. The molecule has 0 spiro atoms. The Hall–Kier alpha value is -2.30.